The summed E-state index contributed by atoms with van der Waals surface area (Å²) in [5.41, 5.74) is 0.925. The Balaban J connectivity index is 2.00. The van der Waals surface area contributed by atoms with Crippen molar-refractivity contribution in [3.05, 3.63) is 48.6 Å². The van der Waals surface area contributed by atoms with Crippen LogP contribution in [0.25, 0.3) is 0 Å². The van der Waals surface area contributed by atoms with Crippen LogP contribution in [0.4, 0.5) is 0 Å². The molecule has 0 aromatic heterocycles. The summed E-state index contributed by atoms with van der Waals surface area (Å²) in [6.45, 7) is 3.54. The molecule has 1 fully saturated rings. The molecule has 1 aliphatic heterocycles. The largest absolute Gasteiger partial charge is 0.394 e. The maximum Gasteiger partial charge on any atom is 0.187 e. The number of ether oxygens (including phenoxy) is 3. The molecule has 1 aromatic carbocycles. The molecule has 2 rings (SSSR count). The molecule has 0 aliphatic carbocycles. The first kappa shape index (κ1) is 17.1. The van der Waals surface area contributed by atoms with Gasteiger partial charge in [-0.1, -0.05) is 36.4 Å². The molecule has 1 heterocycles. The van der Waals surface area contributed by atoms with E-state index in [4.69, 9.17) is 14.2 Å². The Morgan fingerprint density at radius 1 is 1.14 bits per heavy atom. The Kier molecular flexibility index (Phi) is 6.50. The first-order chi connectivity index (χ1) is 10.7. The SMILES string of the molecule is C=CCO[C@H]1[C@@H](O)[C@@H](CO)O[C@H](OCc2ccccc2)[C@@H]1O. The predicted molar refractivity (Wildman–Crippen MR) is 78.9 cm³/mol. The van der Waals surface area contributed by atoms with Crippen molar-refractivity contribution in [2.24, 2.45) is 0 Å². The number of aliphatic hydroxyl groups is 3. The fourth-order valence-corrected chi connectivity index (χ4v) is 2.32. The average molecular weight is 310 g/mol. The van der Waals surface area contributed by atoms with Gasteiger partial charge in [-0.15, -0.1) is 6.58 Å². The molecule has 6 nitrogen and oxygen atoms in total. The summed E-state index contributed by atoms with van der Waals surface area (Å²) < 4.78 is 16.4. The van der Waals surface area contributed by atoms with Gasteiger partial charge >= 0.3 is 0 Å². The van der Waals surface area contributed by atoms with E-state index in [-0.39, 0.29) is 13.2 Å². The van der Waals surface area contributed by atoms with E-state index >= 15 is 0 Å². The first-order valence-corrected chi connectivity index (χ1v) is 7.18. The lowest BCUT2D eigenvalue weighted by atomic mass is 9.99. The summed E-state index contributed by atoms with van der Waals surface area (Å²) >= 11 is 0. The van der Waals surface area contributed by atoms with Crippen molar-refractivity contribution in [1.29, 1.82) is 0 Å². The second-order valence-electron chi connectivity index (χ2n) is 5.09. The molecule has 1 saturated heterocycles. The van der Waals surface area contributed by atoms with Crippen LogP contribution >= 0.6 is 0 Å². The zero-order valence-corrected chi connectivity index (χ0v) is 12.2. The van der Waals surface area contributed by atoms with Crippen molar-refractivity contribution in [2.45, 2.75) is 37.3 Å². The minimum Gasteiger partial charge on any atom is -0.394 e. The summed E-state index contributed by atoms with van der Waals surface area (Å²) in [5, 5.41) is 29.6. The van der Waals surface area contributed by atoms with Crippen LogP contribution in [-0.2, 0) is 20.8 Å². The number of aliphatic hydroxyl groups excluding tert-OH is 3. The Labute approximate surface area is 129 Å². The van der Waals surface area contributed by atoms with E-state index in [1.54, 1.807) is 0 Å². The zero-order chi connectivity index (χ0) is 15.9. The van der Waals surface area contributed by atoms with Crippen molar-refractivity contribution >= 4 is 0 Å². The van der Waals surface area contributed by atoms with Crippen LogP contribution in [0.3, 0.4) is 0 Å². The molecule has 1 aromatic rings. The highest BCUT2D eigenvalue weighted by atomic mass is 16.7. The molecule has 1 aliphatic rings. The van der Waals surface area contributed by atoms with Gasteiger partial charge in [0, 0.05) is 0 Å². The van der Waals surface area contributed by atoms with Crippen LogP contribution in [0.2, 0.25) is 0 Å². The van der Waals surface area contributed by atoms with Gasteiger partial charge in [-0.05, 0) is 5.56 Å². The van der Waals surface area contributed by atoms with Crippen molar-refractivity contribution < 1.29 is 29.5 Å². The number of benzene rings is 1. The van der Waals surface area contributed by atoms with Gasteiger partial charge in [-0.2, -0.15) is 0 Å². The van der Waals surface area contributed by atoms with E-state index in [1.165, 1.54) is 6.08 Å². The van der Waals surface area contributed by atoms with Gasteiger partial charge in [0.15, 0.2) is 6.29 Å². The number of rotatable bonds is 7. The smallest absolute Gasteiger partial charge is 0.187 e. The quantitative estimate of drug-likeness (QED) is 0.624. The van der Waals surface area contributed by atoms with E-state index in [0.717, 1.165) is 5.56 Å². The van der Waals surface area contributed by atoms with Crippen molar-refractivity contribution in [2.75, 3.05) is 13.2 Å². The highest BCUT2D eigenvalue weighted by Gasteiger charge is 2.45. The molecule has 22 heavy (non-hydrogen) atoms. The molecule has 0 unspecified atom stereocenters. The van der Waals surface area contributed by atoms with E-state index in [0.29, 0.717) is 0 Å². The molecule has 6 heteroatoms. The molecule has 0 radical (unpaired) electrons. The standard InChI is InChI=1S/C16H22O6/c1-2-8-20-15-13(18)12(9-17)22-16(14(15)19)21-10-11-6-4-3-5-7-11/h2-7,12-19H,1,8-10H2/t12-,13+,14-,15+,16+/m1/s1. The normalized spacial score (nSPS) is 31.9. The lowest BCUT2D eigenvalue weighted by molar-refractivity contribution is -0.309. The minimum atomic E-state index is -1.17. The average Bonchev–Trinajstić information content (AvgIpc) is 2.55. The Morgan fingerprint density at radius 3 is 2.50 bits per heavy atom. The first-order valence-electron chi connectivity index (χ1n) is 7.18. The molecule has 0 amide bonds. The molecule has 0 bridgehead atoms. The van der Waals surface area contributed by atoms with Crippen LogP contribution in [0.15, 0.2) is 43.0 Å². The van der Waals surface area contributed by atoms with Gasteiger partial charge in [0.25, 0.3) is 0 Å². The second-order valence-corrected chi connectivity index (χ2v) is 5.09. The van der Waals surface area contributed by atoms with Gasteiger partial charge in [-0.25, -0.2) is 0 Å². The third-order valence-electron chi connectivity index (χ3n) is 3.49. The number of hydrogen-bond acceptors (Lipinski definition) is 6. The predicted octanol–water partition coefficient (Wildman–Crippen LogP) is 0.213. The third kappa shape index (κ3) is 4.13. The van der Waals surface area contributed by atoms with Crippen LogP contribution in [-0.4, -0.2) is 59.2 Å². The van der Waals surface area contributed by atoms with Crippen molar-refractivity contribution in [3.63, 3.8) is 0 Å². The van der Waals surface area contributed by atoms with E-state index in [9.17, 15) is 15.3 Å². The van der Waals surface area contributed by atoms with E-state index in [2.05, 4.69) is 6.58 Å². The Bertz CT molecular complexity index is 451. The maximum atomic E-state index is 10.3. The summed E-state index contributed by atoms with van der Waals surface area (Å²) in [5.74, 6) is 0. The van der Waals surface area contributed by atoms with Crippen molar-refractivity contribution in [1.82, 2.24) is 0 Å². The topological polar surface area (TPSA) is 88.4 Å². The van der Waals surface area contributed by atoms with Gasteiger partial charge < -0.3 is 29.5 Å². The molecule has 3 N–H and O–H groups in total. The highest BCUT2D eigenvalue weighted by molar-refractivity contribution is 5.13. The van der Waals surface area contributed by atoms with Crippen molar-refractivity contribution in [3.8, 4) is 0 Å². The second kappa shape index (κ2) is 8.38. The molecule has 122 valence electrons. The molecular formula is C16H22O6. The Hall–Kier alpha value is -1.28. The van der Waals surface area contributed by atoms with E-state index < -0.39 is 37.3 Å². The number of hydrogen-bond donors (Lipinski definition) is 3. The summed E-state index contributed by atoms with van der Waals surface area (Å²) in [6.07, 6.45) is -3.57. The third-order valence-corrected chi connectivity index (χ3v) is 3.49. The zero-order valence-electron chi connectivity index (χ0n) is 12.2. The summed E-state index contributed by atoms with van der Waals surface area (Å²) in [7, 11) is 0. The summed E-state index contributed by atoms with van der Waals surface area (Å²) in [4.78, 5) is 0. The highest BCUT2D eigenvalue weighted by Crippen LogP contribution is 2.25. The minimum absolute atomic E-state index is 0.169. The fraction of sp³-hybridized carbons (Fsp3) is 0.500. The lowest BCUT2D eigenvalue weighted by Crippen LogP contribution is -2.60. The van der Waals surface area contributed by atoms with Crippen LogP contribution in [0.5, 0.6) is 0 Å². The maximum absolute atomic E-state index is 10.3. The van der Waals surface area contributed by atoms with E-state index in [1.807, 2.05) is 30.3 Å². The molecule has 5 atom stereocenters. The molecule has 0 spiro atoms. The van der Waals surface area contributed by atoms with Crippen LogP contribution in [0, 0.1) is 0 Å². The Morgan fingerprint density at radius 2 is 1.86 bits per heavy atom. The van der Waals surface area contributed by atoms with Crippen LogP contribution < -0.4 is 0 Å². The summed E-state index contributed by atoms with van der Waals surface area (Å²) in [6, 6.07) is 9.44. The molecular weight excluding hydrogens is 288 g/mol. The van der Waals surface area contributed by atoms with Gasteiger partial charge in [0.1, 0.15) is 24.4 Å². The monoisotopic (exact) mass is 310 g/mol. The lowest BCUT2D eigenvalue weighted by Gasteiger charge is -2.41. The van der Waals surface area contributed by atoms with Gasteiger partial charge in [0.05, 0.1) is 19.8 Å². The van der Waals surface area contributed by atoms with Crippen LogP contribution in [0.1, 0.15) is 5.56 Å². The van der Waals surface area contributed by atoms with Gasteiger partial charge in [0.2, 0.25) is 0 Å². The fourth-order valence-electron chi connectivity index (χ4n) is 2.32. The molecule has 0 saturated carbocycles. The van der Waals surface area contributed by atoms with Gasteiger partial charge in [-0.3, -0.25) is 0 Å².